The van der Waals surface area contributed by atoms with Crippen LogP contribution in [0, 0.1) is 22.7 Å². The van der Waals surface area contributed by atoms with E-state index in [1.807, 2.05) is 9.80 Å². The van der Waals surface area contributed by atoms with Crippen LogP contribution in [0.15, 0.2) is 47.9 Å². The van der Waals surface area contributed by atoms with Crippen LogP contribution in [0.1, 0.15) is 12.8 Å². The molecule has 0 atom stereocenters. The van der Waals surface area contributed by atoms with Gasteiger partial charge in [-0.3, -0.25) is 0 Å². The Bertz CT molecular complexity index is 743. The summed E-state index contributed by atoms with van der Waals surface area (Å²) in [7, 11) is 0. The van der Waals surface area contributed by atoms with Gasteiger partial charge < -0.3 is 29.5 Å². The second-order valence-corrected chi connectivity index (χ2v) is 6.57. The van der Waals surface area contributed by atoms with Crippen LogP contribution in [-0.4, -0.2) is 84.6 Å². The van der Waals surface area contributed by atoms with E-state index in [-0.39, 0.29) is 37.6 Å². The van der Waals surface area contributed by atoms with Crippen molar-refractivity contribution in [3.05, 3.63) is 47.9 Å². The highest BCUT2D eigenvalue weighted by atomic mass is 16.5. The largest absolute Gasteiger partial charge is 0.461 e. The van der Waals surface area contributed by atoms with Crippen LogP contribution in [0.25, 0.3) is 0 Å². The molecule has 0 unspecified atom stereocenters. The lowest BCUT2D eigenvalue weighted by Gasteiger charge is -2.33. The van der Waals surface area contributed by atoms with Crippen LogP contribution in [0.5, 0.6) is 0 Å². The first-order valence-corrected chi connectivity index (χ1v) is 10.2. The minimum Gasteiger partial charge on any atom is -0.461 e. The topological polar surface area (TPSA) is 147 Å². The first-order chi connectivity index (χ1) is 15.5. The van der Waals surface area contributed by atoms with Crippen molar-refractivity contribution < 1.29 is 29.3 Å². The van der Waals surface area contributed by atoms with Crippen molar-refractivity contribution in [3.63, 3.8) is 0 Å². The van der Waals surface area contributed by atoms with Gasteiger partial charge in [-0.1, -0.05) is 0 Å². The van der Waals surface area contributed by atoms with Crippen LogP contribution in [0.2, 0.25) is 0 Å². The van der Waals surface area contributed by atoms with Crippen molar-refractivity contribution in [3.8, 4) is 12.1 Å². The van der Waals surface area contributed by atoms with E-state index in [0.717, 1.165) is 0 Å². The van der Waals surface area contributed by atoms with Gasteiger partial charge in [-0.15, -0.1) is 0 Å². The highest BCUT2D eigenvalue weighted by molar-refractivity contribution is 5.93. The number of hydrogen-bond donors (Lipinski definition) is 2. The van der Waals surface area contributed by atoms with Crippen LogP contribution >= 0.6 is 0 Å². The summed E-state index contributed by atoms with van der Waals surface area (Å²) in [4.78, 5) is 27.5. The Labute approximate surface area is 187 Å². The van der Waals surface area contributed by atoms with E-state index in [2.05, 4.69) is 0 Å². The average molecular weight is 444 g/mol. The van der Waals surface area contributed by atoms with E-state index in [0.29, 0.717) is 39.0 Å². The lowest BCUT2D eigenvalue weighted by atomic mass is 10.2. The number of piperazine rings is 1. The highest BCUT2D eigenvalue weighted by Crippen LogP contribution is 2.05. The summed E-state index contributed by atoms with van der Waals surface area (Å²) >= 11 is 0. The molecule has 1 saturated heterocycles. The molecule has 1 aliphatic heterocycles. The zero-order valence-electron chi connectivity index (χ0n) is 17.9. The standard InChI is InChI=1S/C22H28N4O6/c23-17-19(21(29)31-15-3-13-27)5-1-7-25-9-11-26(12-10-25)8-2-6-20(18-24)22(30)32-16-4-14-28/h1-2,5-8,27-28H,3-4,9-16H2/b7-1+,8-2+,19-5+,20-6+. The van der Waals surface area contributed by atoms with E-state index in [1.54, 1.807) is 36.7 Å². The molecule has 0 aromatic heterocycles. The number of aliphatic hydroxyl groups excluding tert-OH is 2. The normalized spacial score (nSPS) is 15.0. The van der Waals surface area contributed by atoms with E-state index < -0.39 is 11.9 Å². The summed E-state index contributed by atoms with van der Waals surface area (Å²) in [5, 5.41) is 35.5. The number of hydrogen-bond acceptors (Lipinski definition) is 10. The summed E-state index contributed by atoms with van der Waals surface area (Å²) in [5.41, 5.74) is -0.230. The summed E-state index contributed by atoms with van der Waals surface area (Å²) in [6, 6.07) is 3.59. The number of carbonyl (C=O) groups excluding carboxylic acids is 2. The third-order valence-electron chi connectivity index (χ3n) is 4.22. The van der Waals surface area contributed by atoms with Gasteiger partial charge in [0.25, 0.3) is 0 Å². The fourth-order valence-corrected chi connectivity index (χ4v) is 2.47. The third kappa shape index (κ3) is 10.4. The molecule has 0 saturated carbocycles. The molecule has 0 amide bonds. The molecule has 10 nitrogen and oxygen atoms in total. The first-order valence-electron chi connectivity index (χ1n) is 10.2. The number of carbonyl (C=O) groups is 2. The molecule has 2 N–H and O–H groups in total. The molecule has 0 radical (unpaired) electrons. The molecule has 172 valence electrons. The molecule has 1 fully saturated rings. The Morgan fingerprint density at radius 2 is 1.16 bits per heavy atom. The summed E-state index contributed by atoms with van der Waals surface area (Å²) in [6.45, 7) is 2.75. The van der Waals surface area contributed by atoms with E-state index >= 15 is 0 Å². The van der Waals surface area contributed by atoms with Gasteiger partial charge in [0.2, 0.25) is 0 Å². The van der Waals surface area contributed by atoms with Crippen molar-refractivity contribution in [2.75, 3.05) is 52.6 Å². The summed E-state index contributed by atoms with van der Waals surface area (Å²) in [6.07, 6.45) is 10.2. The molecular weight excluding hydrogens is 416 g/mol. The predicted octanol–water partition coefficient (Wildman–Crippen LogP) is 0.383. The number of aliphatic hydroxyl groups is 2. The molecule has 0 aromatic carbocycles. The Balaban J connectivity index is 2.48. The Kier molecular flexibility index (Phi) is 13.3. The summed E-state index contributed by atoms with van der Waals surface area (Å²) < 4.78 is 9.76. The zero-order valence-corrected chi connectivity index (χ0v) is 17.9. The van der Waals surface area contributed by atoms with Crippen LogP contribution in [-0.2, 0) is 19.1 Å². The molecule has 0 aliphatic carbocycles. The lowest BCUT2D eigenvalue weighted by Crippen LogP contribution is -2.41. The average Bonchev–Trinajstić information content (AvgIpc) is 2.80. The monoisotopic (exact) mass is 444 g/mol. The van der Waals surface area contributed by atoms with Crippen molar-refractivity contribution in [1.29, 1.82) is 10.5 Å². The summed E-state index contributed by atoms with van der Waals surface area (Å²) in [5.74, 6) is -1.44. The number of rotatable bonds is 12. The Morgan fingerprint density at radius 1 is 0.781 bits per heavy atom. The Hall–Kier alpha value is -3.60. The van der Waals surface area contributed by atoms with Gasteiger partial charge in [0.15, 0.2) is 0 Å². The minimum atomic E-state index is -0.720. The van der Waals surface area contributed by atoms with Gasteiger partial charge in [-0.05, 0) is 36.7 Å². The van der Waals surface area contributed by atoms with Crippen molar-refractivity contribution >= 4 is 11.9 Å². The van der Waals surface area contributed by atoms with Crippen molar-refractivity contribution in [1.82, 2.24) is 9.80 Å². The fourth-order valence-electron chi connectivity index (χ4n) is 2.47. The Morgan fingerprint density at radius 3 is 1.47 bits per heavy atom. The molecule has 32 heavy (non-hydrogen) atoms. The maximum absolute atomic E-state index is 11.7. The predicted molar refractivity (Wildman–Crippen MR) is 114 cm³/mol. The second-order valence-electron chi connectivity index (χ2n) is 6.57. The van der Waals surface area contributed by atoms with Crippen molar-refractivity contribution in [2.24, 2.45) is 0 Å². The highest BCUT2D eigenvalue weighted by Gasteiger charge is 2.12. The molecule has 1 rings (SSSR count). The fraction of sp³-hybridized carbons (Fsp3) is 0.455. The first kappa shape index (κ1) is 26.4. The van der Waals surface area contributed by atoms with Crippen LogP contribution < -0.4 is 0 Å². The molecule has 0 bridgehead atoms. The van der Waals surface area contributed by atoms with Gasteiger partial charge in [0, 0.05) is 52.2 Å². The van der Waals surface area contributed by atoms with Gasteiger partial charge in [-0.25, -0.2) is 9.59 Å². The maximum atomic E-state index is 11.7. The van der Waals surface area contributed by atoms with Gasteiger partial charge in [-0.2, -0.15) is 10.5 Å². The minimum absolute atomic E-state index is 0.0590. The molecule has 0 spiro atoms. The van der Waals surface area contributed by atoms with Crippen LogP contribution in [0.4, 0.5) is 0 Å². The number of nitrogens with zero attached hydrogens (tertiary/aromatic N) is 4. The zero-order chi connectivity index (χ0) is 23.6. The molecule has 10 heteroatoms. The lowest BCUT2D eigenvalue weighted by molar-refractivity contribution is -0.139. The van der Waals surface area contributed by atoms with Gasteiger partial charge in [0.1, 0.15) is 23.3 Å². The molecule has 1 heterocycles. The number of nitriles is 2. The van der Waals surface area contributed by atoms with E-state index in [4.69, 9.17) is 30.2 Å². The molecule has 0 aromatic rings. The van der Waals surface area contributed by atoms with Gasteiger partial charge in [0.05, 0.1) is 13.2 Å². The number of ether oxygens (including phenoxy) is 2. The SMILES string of the molecule is N#C/C(=C\C=C\N1CCN(/C=C/C=C(\C#N)C(=O)OCCCO)CC1)C(=O)OCCCO. The van der Waals surface area contributed by atoms with Gasteiger partial charge >= 0.3 is 11.9 Å². The smallest absolute Gasteiger partial charge is 0.348 e. The maximum Gasteiger partial charge on any atom is 0.348 e. The van der Waals surface area contributed by atoms with E-state index in [9.17, 15) is 9.59 Å². The number of esters is 2. The van der Waals surface area contributed by atoms with E-state index in [1.165, 1.54) is 12.2 Å². The quantitative estimate of drug-likeness (QED) is 0.142. The van der Waals surface area contributed by atoms with Crippen LogP contribution in [0.3, 0.4) is 0 Å². The van der Waals surface area contributed by atoms with Crippen molar-refractivity contribution in [2.45, 2.75) is 12.8 Å². The third-order valence-corrected chi connectivity index (χ3v) is 4.22. The molecular formula is C22H28N4O6. The molecule has 1 aliphatic rings. The second kappa shape index (κ2) is 16.1. The number of allylic oxidation sites excluding steroid dienone is 4.